The number of sulfonamides is 1. The minimum atomic E-state index is -4.16. The van der Waals surface area contributed by atoms with Crippen LogP contribution < -0.4 is 19.7 Å². The standard InChI is InChI=1S/C22H21Cl3FN3O6S/c23-22(24,25)12-34-21(31)28-15-5-8-19-18(9-15)29(36(32,33)17-6-3-14(26)4-7-17)11-16(35-19)10-27-20(30)13-1-2-13/h3-9,13,16H,1-2,10-12H2,(H,27,30)(H,28,31)/t16-/m0/s1. The second-order valence-electron chi connectivity index (χ2n) is 8.25. The molecule has 194 valence electrons. The summed E-state index contributed by atoms with van der Waals surface area (Å²) in [4.78, 5) is 24.0. The van der Waals surface area contributed by atoms with Gasteiger partial charge in [-0.05, 0) is 55.3 Å². The van der Waals surface area contributed by atoms with Crippen LogP contribution in [0.25, 0.3) is 0 Å². The number of amides is 2. The quantitative estimate of drug-likeness (QED) is 0.474. The Kier molecular flexibility index (Phi) is 7.75. The summed E-state index contributed by atoms with van der Waals surface area (Å²) in [6, 6.07) is 8.72. The van der Waals surface area contributed by atoms with Gasteiger partial charge in [0.25, 0.3) is 10.0 Å². The molecule has 4 rings (SSSR count). The minimum absolute atomic E-state index is 0.0186. The molecule has 0 saturated heterocycles. The lowest BCUT2D eigenvalue weighted by molar-refractivity contribution is -0.122. The van der Waals surface area contributed by atoms with Gasteiger partial charge in [0.05, 0.1) is 23.7 Å². The van der Waals surface area contributed by atoms with E-state index < -0.39 is 38.4 Å². The van der Waals surface area contributed by atoms with Gasteiger partial charge in [-0.15, -0.1) is 0 Å². The topological polar surface area (TPSA) is 114 Å². The maximum absolute atomic E-state index is 13.5. The van der Waals surface area contributed by atoms with E-state index in [1.165, 1.54) is 18.2 Å². The molecule has 2 amide bonds. The Morgan fingerprint density at radius 1 is 1.14 bits per heavy atom. The van der Waals surface area contributed by atoms with Crippen molar-refractivity contribution in [2.24, 2.45) is 5.92 Å². The van der Waals surface area contributed by atoms with Crippen molar-refractivity contribution in [3.63, 3.8) is 0 Å². The van der Waals surface area contributed by atoms with E-state index in [0.29, 0.717) is 0 Å². The van der Waals surface area contributed by atoms with Crippen LogP contribution in [0.5, 0.6) is 5.75 Å². The summed E-state index contributed by atoms with van der Waals surface area (Å²) in [5.41, 5.74) is 0.315. The number of halogens is 4. The molecule has 0 unspecified atom stereocenters. The fraction of sp³-hybridized carbons (Fsp3) is 0.364. The van der Waals surface area contributed by atoms with E-state index in [9.17, 15) is 22.4 Å². The van der Waals surface area contributed by atoms with Gasteiger partial charge in [-0.1, -0.05) is 34.8 Å². The molecule has 1 aliphatic heterocycles. The number of hydrogen-bond acceptors (Lipinski definition) is 6. The number of nitrogens with one attached hydrogen (secondary N) is 2. The van der Waals surface area contributed by atoms with Crippen LogP contribution in [0.3, 0.4) is 0 Å². The van der Waals surface area contributed by atoms with E-state index in [0.717, 1.165) is 41.4 Å². The van der Waals surface area contributed by atoms with E-state index >= 15 is 0 Å². The number of nitrogens with zero attached hydrogens (tertiary/aromatic N) is 1. The van der Waals surface area contributed by atoms with Crippen molar-refractivity contribution >= 4 is 68.2 Å². The SMILES string of the molecule is O=C(Nc1ccc2c(c1)N(S(=O)(=O)c1ccc(F)cc1)C[C@H](CNC(=O)C1CC1)O2)OCC(Cl)(Cl)Cl. The van der Waals surface area contributed by atoms with Gasteiger partial charge in [-0.25, -0.2) is 17.6 Å². The molecule has 36 heavy (non-hydrogen) atoms. The summed E-state index contributed by atoms with van der Waals surface area (Å²) >= 11 is 16.7. The highest BCUT2D eigenvalue weighted by Crippen LogP contribution is 2.39. The smallest absolute Gasteiger partial charge is 0.411 e. The molecule has 2 aromatic rings. The highest BCUT2D eigenvalue weighted by atomic mass is 35.6. The van der Waals surface area contributed by atoms with Crippen LogP contribution in [-0.4, -0.2) is 50.0 Å². The van der Waals surface area contributed by atoms with Gasteiger partial charge < -0.3 is 14.8 Å². The summed E-state index contributed by atoms with van der Waals surface area (Å²) in [6.07, 6.45) is 0.0334. The number of anilines is 2. The minimum Gasteiger partial charge on any atom is -0.484 e. The lowest BCUT2D eigenvalue weighted by Crippen LogP contribution is -2.48. The molecule has 2 aromatic carbocycles. The number of rotatable bonds is 7. The van der Waals surface area contributed by atoms with Crippen LogP contribution in [-0.2, 0) is 19.6 Å². The largest absolute Gasteiger partial charge is 0.484 e. The Bertz CT molecular complexity index is 1250. The zero-order valence-electron chi connectivity index (χ0n) is 18.5. The summed E-state index contributed by atoms with van der Waals surface area (Å²) in [5.74, 6) is -0.505. The van der Waals surface area contributed by atoms with Crippen molar-refractivity contribution in [2.75, 3.05) is 29.3 Å². The van der Waals surface area contributed by atoms with Crippen molar-refractivity contribution in [1.29, 1.82) is 0 Å². The molecule has 2 N–H and O–H groups in total. The zero-order valence-corrected chi connectivity index (χ0v) is 21.6. The lowest BCUT2D eigenvalue weighted by Gasteiger charge is -2.35. The second kappa shape index (κ2) is 10.5. The van der Waals surface area contributed by atoms with Gasteiger partial charge in [0.2, 0.25) is 9.70 Å². The summed E-state index contributed by atoms with van der Waals surface area (Å²) in [7, 11) is -4.16. The molecule has 1 heterocycles. The average molecular weight is 581 g/mol. The third-order valence-electron chi connectivity index (χ3n) is 5.36. The molecule has 0 spiro atoms. The van der Waals surface area contributed by atoms with Gasteiger partial charge in [0.15, 0.2) is 0 Å². The summed E-state index contributed by atoms with van der Waals surface area (Å²) in [6.45, 7) is -0.552. The average Bonchev–Trinajstić information content (AvgIpc) is 3.66. The molecule has 9 nitrogen and oxygen atoms in total. The Morgan fingerprint density at radius 2 is 1.83 bits per heavy atom. The second-order valence-corrected chi connectivity index (χ2v) is 12.6. The first-order valence-electron chi connectivity index (χ1n) is 10.8. The molecule has 14 heteroatoms. The molecule has 1 atom stereocenters. The number of carbonyl (C=O) groups excluding carboxylic acids is 2. The zero-order chi connectivity index (χ0) is 26.1. The molecule has 1 aliphatic carbocycles. The lowest BCUT2D eigenvalue weighted by atomic mass is 10.2. The van der Waals surface area contributed by atoms with Crippen LogP contribution in [0.4, 0.5) is 20.6 Å². The molecule has 0 bridgehead atoms. The van der Waals surface area contributed by atoms with Gasteiger partial charge >= 0.3 is 6.09 Å². The molecule has 2 aliphatic rings. The van der Waals surface area contributed by atoms with Crippen LogP contribution >= 0.6 is 34.8 Å². The predicted molar refractivity (Wildman–Crippen MR) is 133 cm³/mol. The Hall–Kier alpha value is -2.47. The Labute approximate surface area is 221 Å². The fourth-order valence-electron chi connectivity index (χ4n) is 3.46. The number of ether oxygens (including phenoxy) is 2. The number of hydrogen-bond donors (Lipinski definition) is 2. The molecule has 0 aromatic heterocycles. The van der Waals surface area contributed by atoms with Crippen LogP contribution in [0.15, 0.2) is 47.4 Å². The van der Waals surface area contributed by atoms with Crippen molar-refractivity contribution in [3.8, 4) is 5.75 Å². The van der Waals surface area contributed by atoms with Crippen molar-refractivity contribution in [2.45, 2.75) is 27.6 Å². The molecular formula is C22H21Cl3FN3O6S. The third kappa shape index (κ3) is 6.64. The van der Waals surface area contributed by atoms with Crippen molar-refractivity contribution in [3.05, 3.63) is 48.3 Å². The van der Waals surface area contributed by atoms with Crippen molar-refractivity contribution < 1.29 is 31.9 Å². The molecule has 1 fully saturated rings. The van der Waals surface area contributed by atoms with Gasteiger partial charge in [-0.3, -0.25) is 14.4 Å². The molecular weight excluding hydrogens is 560 g/mol. The fourth-order valence-corrected chi connectivity index (χ4v) is 5.13. The summed E-state index contributed by atoms with van der Waals surface area (Å²) < 4.78 is 50.5. The van der Waals surface area contributed by atoms with E-state index in [1.54, 1.807) is 0 Å². The van der Waals surface area contributed by atoms with Crippen LogP contribution in [0.1, 0.15) is 12.8 Å². The molecule has 0 radical (unpaired) electrons. The first-order valence-corrected chi connectivity index (χ1v) is 13.4. The Balaban J connectivity index is 1.60. The molecule has 1 saturated carbocycles. The number of carbonyl (C=O) groups is 2. The third-order valence-corrected chi connectivity index (χ3v) is 7.48. The highest BCUT2D eigenvalue weighted by molar-refractivity contribution is 7.92. The van der Waals surface area contributed by atoms with E-state index in [2.05, 4.69) is 10.6 Å². The predicted octanol–water partition coefficient (Wildman–Crippen LogP) is 4.23. The van der Waals surface area contributed by atoms with Crippen LogP contribution in [0, 0.1) is 11.7 Å². The number of fused-ring (bicyclic) bond motifs is 1. The van der Waals surface area contributed by atoms with Gasteiger partial charge in [-0.2, -0.15) is 0 Å². The monoisotopic (exact) mass is 579 g/mol. The van der Waals surface area contributed by atoms with E-state index in [-0.39, 0.29) is 46.9 Å². The number of benzene rings is 2. The van der Waals surface area contributed by atoms with E-state index in [1.807, 2.05) is 0 Å². The first-order chi connectivity index (χ1) is 16.9. The normalized spacial score (nSPS) is 17.6. The maximum atomic E-state index is 13.5. The number of alkyl halides is 3. The first kappa shape index (κ1) is 26.6. The maximum Gasteiger partial charge on any atom is 0.411 e. The Morgan fingerprint density at radius 3 is 2.47 bits per heavy atom. The highest BCUT2D eigenvalue weighted by Gasteiger charge is 2.36. The summed E-state index contributed by atoms with van der Waals surface area (Å²) in [5, 5.41) is 5.22. The van der Waals surface area contributed by atoms with Gasteiger partial charge in [0.1, 0.15) is 24.3 Å². The van der Waals surface area contributed by atoms with Crippen molar-refractivity contribution in [1.82, 2.24) is 5.32 Å². The van der Waals surface area contributed by atoms with Gasteiger partial charge in [0, 0.05) is 11.6 Å². The van der Waals surface area contributed by atoms with E-state index in [4.69, 9.17) is 44.3 Å². The van der Waals surface area contributed by atoms with Crippen LogP contribution in [0.2, 0.25) is 0 Å².